The summed E-state index contributed by atoms with van der Waals surface area (Å²) in [5.41, 5.74) is 2.26. The van der Waals surface area contributed by atoms with Gasteiger partial charge in [-0.3, -0.25) is 4.79 Å². The maximum atomic E-state index is 12.5. The number of likely N-dealkylation sites (N-methyl/N-ethyl adjacent to an activating group) is 1. The number of rotatable bonds is 3. The lowest BCUT2D eigenvalue weighted by Gasteiger charge is -2.23. The maximum absolute atomic E-state index is 12.5. The van der Waals surface area contributed by atoms with E-state index < -0.39 is 7.61 Å². The van der Waals surface area contributed by atoms with Crippen LogP contribution in [0.2, 0.25) is 0 Å². The summed E-state index contributed by atoms with van der Waals surface area (Å²) in [6.07, 6.45) is 2.10. The molecule has 0 bridgehead atoms. The molecule has 1 amide bonds. The minimum atomic E-state index is -0.460. The molecule has 19 heavy (non-hydrogen) atoms. The summed E-state index contributed by atoms with van der Waals surface area (Å²) < 4.78 is 2.10. The Balaban J connectivity index is 2.60. The number of hydrogen-bond donors (Lipinski definition) is 0. The van der Waals surface area contributed by atoms with E-state index in [2.05, 4.69) is 38.5 Å². The SMILES string of the molecule is CN(C)C(=O)C(c1cn(C)c2ccccc12)P(C)P. The molecule has 3 atom stereocenters. The van der Waals surface area contributed by atoms with Gasteiger partial charge in [0.1, 0.15) is 0 Å². The third kappa shape index (κ3) is 2.68. The first-order chi connectivity index (χ1) is 8.93. The van der Waals surface area contributed by atoms with Gasteiger partial charge in [0.15, 0.2) is 0 Å². The van der Waals surface area contributed by atoms with Crippen LogP contribution in [-0.2, 0) is 11.8 Å². The summed E-state index contributed by atoms with van der Waals surface area (Å²) in [5, 5.41) is 1.18. The third-order valence-corrected chi connectivity index (χ3v) is 5.51. The number of fused-ring (bicyclic) bond motifs is 1. The average Bonchev–Trinajstić information content (AvgIpc) is 2.67. The van der Waals surface area contributed by atoms with E-state index in [9.17, 15) is 4.79 Å². The highest BCUT2D eigenvalue weighted by molar-refractivity contribution is 8.13. The Bertz CT molecular complexity index is 605. The zero-order valence-corrected chi connectivity index (χ0v) is 13.8. The summed E-state index contributed by atoms with van der Waals surface area (Å²) >= 11 is 0. The Morgan fingerprint density at radius 2 is 2.00 bits per heavy atom. The standard InChI is InChI=1S/C14H20N2OP2/c1-15(2)14(17)13(19(4)18)11-9-16(3)12-8-6-5-7-10(11)12/h5-9,13H,18H2,1-4H3. The lowest BCUT2D eigenvalue weighted by atomic mass is 10.1. The van der Waals surface area contributed by atoms with Crippen LogP contribution in [0.25, 0.3) is 10.9 Å². The molecule has 1 aromatic heterocycles. The van der Waals surface area contributed by atoms with Gasteiger partial charge in [0.2, 0.25) is 5.91 Å². The van der Waals surface area contributed by atoms with E-state index in [1.807, 2.05) is 33.3 Å². The zero-order chi connectivity index (χ0) is 14.2. The third-order valence-electron chi connectivity index (χ3n) is 3.30. The highest BCUT2D eigenvalue weighted by Crippen LogP contribution is 2.56. The van der Waals surface area contributed by atoms with Gasteiger partial charge >= 0.3 is 0 Å². The molecule has 1 aromatic carbocycles. The van der Waals surface area contributed by atoms with Crippen LogP contribution < -0.4 is 0 Å². The number of amides is 1. The summed E-state index contributed by atoms with van der Waals surface area (Å²) in [6.45, 7) is 2.13. The maximum Gasteiger partial charge on any atom is 0.234 e. The predicted octanol–water partition coefficient (Wildman–Crippen LogP) is 3.21. The van der Waals surface area contributed by atoms with Crippen molar-refractivity contribution in [3.05, 3.63) is 36.0 Å². The van der Waals surface area contributed by atoms with Crippen LogP contribution in [0.1, 0.15) is 11.2 Å². The summed E-state index contributed by atoms with van der Waals surface area (Å²) in [7, 11) is 8.05. The Hall–Kier alpha value is -0.910. The van der Waals surface area contributed by atoms with Gasteiger partial charge in [-0.05, 0) is 18.3 Å². The fourth-order valence-electron chi connectivity index (χ4n) is 2.36. The second kappa shape index (κ2) is 5.61. The van der Waals surface area contributed by atoms with Crippen LogP contribution in [0.3, 0.4) is 0 Å². The minimum Gasteiger partial charge on any atom is -0.350 e. The number of nitrogens with zero attached hydrogens (tertiary/aromatic N) is 2. The number of aromatic nitrogens is 1. The van der Waals surface area contributed by atoms with Crippen molar-refractivity contribution < 1.29 is 4.79 Å². The first kappa shape index (κ1) is 14.5. The largest absolute Gasteiger partial charge is 0.350 e. The van der Waals surface area contributed by atoms with Crippen LogP contribution in [0, 0.1) is 0 Å². The molecule has 0 aliphatic carbocycles. The monoisotopic (exact) mass is 294 g/mol. The highest BCUT2D eigenvalue weighted by atomic mass is 32.0. The first-order valence-electron chi connectivity index (χ1n) is 6.16. The fourth-order valence-corrected chi connectivity index (χ4v) is 4.45. The topological polar surface area (TPSA) is 25.2 Å². The second-order valence-corrected chi connectivity index (χ2v) is 9.30. The van der Waals surface area contributed by atoms with Crippen molar-refractivity contribution in [2.24, 2.45) is 7.05 Å². The molecule has 0 saturated carbocycles. The summed E-state index contributed by atoms with van der Waals surface area (Å²) in [4.78, 5) is 14.1. The lowest BCUT2D eigenvalue weighted by Crippen LogP contribution is -2.26. The van der Waals surface area contributed by atoms with Gasteiger partial charge in [-0.15, -0.1) is 8.93 Å². The van der Waals surface area contributed by atoms with Gasteiger partial charge in [0.25, 0.3) is 0 Å². The highest BCUT2D eigenvalue weighted by Gasteiger charge is 2.28. The van der Waals surface area contributed by atoms with Crippen molar-refractivity contribution in [2.75, 3.05) is 20.8 Å². The molecule has 0 N–H and O–H groups in total. The van der Waals surface area contributed by atoms with Gasteiger partial charge in [-0.1, -0.05) is 25.8 Å². The van der Waals surface area contributed by atoms with E-state index in [0.717, 1.165) is 5.56 Å². The molecule has 2 rings (SSSR count). The van der Waals surface area contributed by atoms with E-state index in [1.165, 1.54) is 10.9 Å². The quantitative estimate of drug-likeness (QED) is 0.798. The van der Waals surface area contributed by atoms with Crippen molar-refractivity contribution in [3.63, 3.8) is 0 Å². The molecule has 102 valence electrons. The van der Waals surface area contributed by atoms with Crippen molar-refractivity contribution in [1.82, 2.24) is 9.47 Å². The van der Waals surface area contributed by atoms with E-state index in [-0.39, 0.29) is 11.6 Å². The lowest BCUT2D eigenvalue weighted by molar-refractivity contribution is -0.128. The Morgan fingerprint density at radius 1 is 1.37 bits per heavy atom. The molecule has 0 spiro atoms. The van der Waals surface area contributed by atoms with Gasteiger partial charge in [-0.2, -0.15) is 0 Å². The fraction of sp³-hybridized carbons (Fsp3) is 0.357. The van der Waals surface area contributed by atoms with Crippen LogP contribution >= 0.6 is 16.5 Å². The summed E-state index contributed by atoms with van der Waals surface area (Å²) in [6, 6.07) is 8.26. The number of aryl methyl sites for hydroxylation is 1. The number of carbonyl (C=O) groups is 1. The van der Waals surface area contributed by atoms with Crippen LogP contribution in [0.5, 0.6) is 0 Å². The van der Waals surface area contributed by atoms with E-state index in [4.69, 9.17) is 0 Å². The van der Waals surface area contributed by atoms with E-state index in [1.54, 1.807) is 4.90 Å². The van der Waals surface area contributed by atoms with Gasteiger partial charge in [0, 0.05) is 38.2 Å². The normalized spacial score (nSPS) is 14.4. The Labute approximate surface area is 117 Å². The first-order valence-corrected chi connectivity index (χ1v) is 9.63. The molecule has 0 fully saturated rings. The number of carbonyl (C=O) groups excluding carboxylic acids is 1. The van der Waals surface area contributed by atoms with Crippen molar-refractivity contribution in [2.45, 2.75) is 5.66 Å². The number of para-hydroxylation sites is 1. The number of benzene rings is 1. The predicted molar refractivity (Wildman–Crippen MR) is 86.9 cm³/mol. The average molecular weight is 294 g/mol. The molecule has 1 heterocycles. The van der Waals surface area contributed by atoms with Gasteiger partial charge in [-0.25, -0.2) is 0 Å². The molecule has 3 nitrogen and oxygen atoms in total. The molecular weight excluding hydrogens is 274 g/mol. The molecule has 3 unspecified atom stereocenters. The molecule has 0 radical (unpaired) electrons. The van der Waals surface area contributed by atoms with Gasteiger partial charge in [0.05, 0.1) is 5.66 Å². The van der Waals surface area contributed by atoms with Crippen LogP contribution in [0.15, 0.2) is 30.5 Å². The molecule has 0 aliphatic heterocycles. The zero-order valence-electron chi connectivity index (χ0n) is 11.8. The van der Waals surface area contributed by atoms with Crippen molar-refractivity contribution >= 4 is 33.3 Å². The van der Waals surface area contributed by atoms with E-state index >= 15 is 0 Å². The Morgan fingerprint density at radius 3 is 2.58 bits per heavy atom. The molecular formula is C14H20N2OP2. The number of hydrogen-bond acceptors (Lipinski definition) is 1. The Kier molecular flexibility index (Phi) is 4.28. The summed E-state index contributed by atoms with van der Waals surface area (Å²) in [5.74, 6) is 0.181. The van der Waals surface area contributed by atoms with Crippen LogP contribution in [-0.4, -0.2) is 36.1 Å². The molecule has 5 heteroatoms. The second-order valence-electron chi connectivity index (χ2n) is 5.01. The minimum absolute atomic E-state index is 0.0545. The van der Waals surface area contributed by atoms with Crippen molar-refractivity contribution in [3.8, 4) is 0 Å². The van der Waals surface area contributed by atoms with Crippen molar-refractivity contribution in [1.29, 1.82) is 0 Å². The smallest absolute Gasteiger partial charge is 0.234 e. The molecule has 0 aliphatic rings. The van der Waals surface area contributed by atoms with E-state index in [0.29, 0.717) is 0 Å². The molecule has 0 saturated heterocycles. The molecule has 2 aromatic rings. The van der Waals surface area contributed by atoms with Crippen LogP contribution in [0.4, 0.5) is 0 Å². The van der Waals surface area contributed by atoms with Gasteiger partial charge < -0.3 is 9.47 Å².